The van der Waals surface area contributed by atoms with Crippen molar-refractivity contribution in [3.63, 3.8) is 0 Å². The minimum Gasteiger partial charge on any atom is -0.349 e. The standard InChI is InChI=1S/C22H27N3O2/c1-3-5-21(26)25-12-10-19(11-13-25)24-22(27)18-8-9-20(23-15-18)17-7-4-6-16(2)14-17/h4,6-9,14-15,19H,3,5,10-13H2,1-2H3,(H,24,27). The molecule has 0 radical (unpaired) electrons. The summed E-state index contributed by atoms with van der Waals surface area (Å²) in [6.45, 7) is 5.50. The fourth-order valence-electron chi connectivity index (χ4n) is 3.42. The van der Waals surface area contributed by atoms with E-state index in [1.165, 1.54) is 5.56 Å². The molecule has 1 N–H and O–H groups in total. The summed E-state index contributed by atoms with van der Waals surface area (Å²) in [6.07, 6.45) is 4.72. The van der Waals surface area contributed by atoms with Crippen LogP contribution in [0.5, 0.6) is 0 Å². The lowest BCUT2D eigenvalue weighted by atomic mass is 10.0. The number of amides is 2. The number of rotatable bonds is 5. The van der Waals surface area contributed by atoms with Crippen LogP contribution in [0.2, 0.25) is 0 Å². The number of carbonyl (C=O) groups is 2. The molecule has 1 aliphatic heterocycles. The topological polar surface area (TPSA) is 62.3 Å². The second kappa shape index (κ2) is 8.80. The van der Waals surface area contributed by atoms with Gasteiger partial charge in [0.25, 0.3) is 5.91 Å². The van der Waals surface area contributed by atoms with Gasteiger partial charge < -0.3 is 10.2 Å². The molecule has 5 nitrogen and oxygen atoms in total. The average molecular weight is 365 g/mol. The number of pyridine rings is 1. The van der Waals surface area contributed by atoms with Crippen molar-refractivity contribution in [3.05, 3.63) is 53.7 Å². The van der Waals surface area contributed by atoms with Crippen LogP contribution in [0.4, 0.5) is 0 Å². The van der Waals surface area contributed by atoms with E-state index in [0.717, 1.165) is 30.5 Å². The largest absolute Gasteiger partial charge is 0.349 e. The van der Waals surface area contributed by atoms with Crippen molar-refractivity contribution in [1.82, 2.24) is 15.2 Å². The fraction of sp³-hybridized carbons (Fsp3) is 0.409. The van der Waals surface area contributed by atoms with Crippen molar-refractivity contribution in [1.29, 1.82) is 0 Å². The third kappa shape index (κ3) is 4.94. The predicted molar refractivity (Wildman–Crippen MR) is 106 cm³/mol. The molecular formula is C22H27N3O2. The van der Waals surface area contributed by atoms with E-state index in [9.17, 15) is 9.59 Å². The first-order valence-electron chi connectivity index (χ1n) is 9.68. The molecule has 1 fully saturated rings. The molecule has 0 spiro atoms. The first kappa shape index (κ1) is 19.1. The summed E-state index contributed by atoms with van der Waals surface area (Å²) in [5.74, 6) is 0.120. The third-order valence-electron chi connectivity index (χ3n) is 4.99. The van der Waals surface area contributed by atoms with Gasteiger partial charge in [0.05, 0.1) is 11.3 Å². The molecule has 2 aromatic rings. The molecule has 1 saturated heterocycles. The maximum atomic E-state index is 12.5. The number of nitrogens with one attached hydrogen (secondary N) is 1. The molecule has 1 aromatic heterocycles. The van der Waals surface area contributed by atoms with Gasteiger partial charge in [-0.05, 0) is 44.4 Å². The van der Waals surface area contributed by atoms with Crippen molar-refractivity contribution >= 4 is 11.8 Å². The number of hydrogen-bond donors (Lipinski definition) is 1. The second-order valence-corrected chi connectivity index (χ2v) is 7.18. The van der Waals surface area contributed by atoms with E-state index in [2.05, 4.69) is 16.4 Å². The zero-order valence-electron chi connectivity index (χ0n) is 16.1. The lowest BCUT2D eigenvalue weighted by molar-refractivity contribution is -0.132. The van der Waals surface area contributed by atoms with Gasteiger partial charge in [0.2, 0.25) is 5.91 Å². The Bertz CT molecular complexity index is 793. The molecule has 0 unspecified atom stereocenters. The van der Waals surface area contributed by atoms with Crippen molar-refractivity contribution in [3.8, 4) is 11.3 Å². The number of aromatic nitrogens is 1. The first-order chi connectivity index (χ1) is 13.1. The molecule has 0 atom stereocenters. The molecule has 0 aliphatic carbocycles. The van der Waals surface area contributed by atoms with Crippen LogP contribution in [0.15, 0.2) is 42.6 Å². The number of likely N-dealkylation sites (tertiary alicyclic amines) is 1. The smallest absolute Gasteiger partial charge is 0.253 e. The van der Waals surface area contributed by atoms with E-state index in [4.69, 9.17) is 0 Å². The van der Waals surface area contributed by atoms with Gasteiger partial charge in [-0.3, -0.25) is 14.6 Å². The quantitative estimate of drug-likeness (QED) is 0.881. The Morgan fingerprint density at radius 1 is 1.19 bits per heavy atom. The molecule has 5 heteroatoms. The summed E-state index contributed by atoms with van der Waals surface area (Å²) >= 11 is 0. The molecule has 1 aliphatic rings. The van der Waals surface area contributed by atoms with Crippen LogP contribution >= 0.6 is 0 Å². The number of carbonyl (C=O) groups excluding carboxylic acids is 2. The predicted octanol–water partition coefficient (Wildman–Crippen LogP) is 3.58. The van der Waals surface area contributed by atoms with Gasteiger partial charge in [0.1, 0.15) is 0 Å². The van der Waals surface area contributed by atoms with Crippen LogP contribution in [0.3, 0.4) is 0 Å². The van der Waals surface area contributed by atoms with Crippen LogP contribution in [0.1, 0.15) is 48.5 Å². The number of nitrogens with zero attached hydrogens (tertiary/aromatic N) is 2. The highest BCUT2D eigenvalue weighted by molar-refractivity contribution is 5.94. The van der Waals surface area contributed by atoms with Gasteiger partial charge >= 0.3 is 0 Å². The highest BCUT2D eigenvalue weighted by atomic mass is 16.2. The monoisotopic (exact) mass is 365 g/mol. The summed E-state index contributed by atoms with van der Waals surface area (Å²) in [7, 11) is 0. The Morgan fingerprint density at radius 2 is 1.96 bits per heavy atom. The molecule has 0 bridgehead atoms. The van der Waals surface area contributed by atoms with E-state index < -0.39 is 0 Å². The minimum absolute atomic E-state index is 0.100. The molecule has 1 aromatic carbocycles. The molecule has 142 valence electrons. The van der Waals surface area contributed by atoms with E-state index in [1.54, 1.807) is 6.20 Å². The van der Waals surface area contributed by atoms with Crippen molar-refractivity contribution in [2.75, 3.05) is 13.1 Å². The summed E-state index contributed by atoms with van der Waals surface area (Å²) in [5.41, 5.74) is 3.65. The Hall–Kier alpha value is -2.69. The maximum Gasteiger partial charge on any atom is 0.253 e. The van der Waals surface area contributed by atoms with E-state index in [1.807, 2.05) is 49.1 Å². The zero-order valence-corrected chi connectivity index (χ0v) is 16.1. The van der Waals surface area contributed by atoms with E-state index in [0.29, 0.717) is 25.1 Å². The lowest BCUT2D eigenvalue weighted by Gasteiger charge is -2.32. The van der Waals surface area contributed by atoms with Gasteiger partial charge in [0.15, 0.2) is 0 Å². The van der Waals surface area contributed by atoms with Crippen LogP contribution in [0, 0.1) is 6.92 Å². The molecule has 2 heterocycles. The third-order valence-corrected chi connectivity index (χ3v) is 4.99. The maximum absolute atomic E-state index is 12.5. The summed E-state index contributed by atoms with van der Waals surface area (Å²) in [6, 6.07) is 12.0. The second-order valence-electron chi connectivity index (χ2n) is 7.18. The summed E-state index contributed by atoms with van der Waals surface area (Å²) < 4.78 is 0. The Morgan fingerprint density at radius 3 is 2.59 bits per heavy atom. The van der Waals surface area contributed by atoms with Crippen LogP contribution in [-0.4, -0.2) is 40.8 Å². The number of hydrogen-bond acceptors (Lipinski definition) is 3. The normalized spacial score (nSPS) is 14.8. The highest BCUT2D eigenvalue weighted by Gasteiger charge is 2.23. The Kier molecular flexibility index (Phi) is 6.22. The SMILES string of the molecule is CCCC(=O)N1CCC(NC(=O)c2ccc(-c3cccc(C)c3)nc2)CC1. The Balaban J connectivity index is 1.55. The highest BCUT2D eigenvalue weighted by Crippen LogP contribution is 2.18. The summed E-state index contributed by atoms with van der Waals surface area (Å²) in [5, 5.41) is 3.08. The van der Waals surface area contributed by atoms with Gasteiger partial charge in [-0.2, -0.15) is 0 Å². The molecule has 27 heavy (non-hydrogen) atoms. The minimum atomic E-state index is -0.100. The van der Waals surface area contributed by atoms with Crippen LogP contribution < -0.4 is 5.32 Å². The molecule has 0 saturated carbocycles. The van der Waals surface area contributed by atoms with E-state index in [-0.39, 0.29) is 17.9 Å². The summed E-state index contributed by atoms with van der Waals surface area (Å²) in [4.78, 5) is 30.8. The van der Waals surface area contributed by atoms with Crippen molar-refractivity contribution in [2.45, 2.75) is 45.6 Å². The van der Waals surface area contributed by atoms with Crippen molar-refractivity contribution in [2.24, 2.45) is 0 Å². The van der Waals surface area contributed by atoms with Crippen LogP contribution in [-0.2, 0) is 4.79 Å². The van der Waals surface area contributed by atoms with Gasteiger partial charge in [-0.25, -0.2) is 0 Å². The number of benzene rings is 1. The molecular weight excluding hydrogens is 338 g/mol. The van der Waals surface area contributed by atoms with Gasteiger partial charge in [-0.15, -0.1) is 0 Å². The van der Waals surface area contributed by atoms with Crippen molar-refractivity contribution < 1.29 is 9.59 Å². The number of aryl methyl sites for hydroxylation is 1. The average Bonchev–Trinajstić information content (AvgIpc) is 2.69. The zero-order chi connectivity index (χ0) is 19.2. The van der Waals surface area contributed by atoms with Gasteiger partial charge in [0, 0.05) is 37.3 Å². The lowest BCUT2D eigenvalue weighted by Crippen LogP contribution is -2.46. The molecule has 2 amide bonds. The Labute approximate surface area is 160 Å². The van der Waals surface area contributed by atoms with Gasteiger partial charge in [-0.1, -0.05) is 30.7 Å². The molecule has 3 rings (SSSR count). The van der Waals surface area contributed by atoms with Crippen LogP contribution in [0.25, 0.3) is 11.3 Å². The number of piperidine rings is 1. The fourth-order valence-corrected chi connectivity index (χ4v) is 3.42. The van der Waals surface area contributed by atoms with E-state index >= 15 is 0 Å². The first-order valence-corrected chi connectivity index (χ1v) is 9.68.